The number of ether oxygens (including phenoxy) is 4. The van der Waals surface area contributed by atoms with Crippen LogP contribution in [0, 0.1) is 0 Å². The van der Waals surface area contributed by atoms with Crippen molar-refractivity contribution >= 4 is 11.9 Å². The van der Waals surface area contributed by atoms with Gasteiger partial charge in [0.05, 0.1) is 33.0 Å². The fraction of sp³-hybridized carbons (Fsp3) is 0.556. The van der Waals surface area contributed by atoms with Gasteiger partial charge in [-0.1, -0.05) is 0 Å². The first-order valence-corrected chi connectivity index (χ1v) is 8.72. The molecular weight excluding hydrogens is 358 g/mol. The molecule has 9 nitrogen and oxygen atoms in total. The van der Waals surface area contributed by atoms with E-state index < -0.39 is 11.9 Å². The minimum atomic E-state index is -1.82. The van der Waals surface area contributed by atoms with Gasteiger partial charge in [-0.25, -0.2) is 9.59 Å². The molecule has 1 saturated heterocycles. The van der Waals surface area contributed by atoms with Gasteiger partial charge in [0.25, 0.3) is 0 Å². The molecule has 0 amide bonds. The lowest BCUT2D eigenvalue weighted by Gasteiger charge is -2.26. The largest absolute Gasteiger partial charge is 0.494 e. The third-order valence-electron chi connectivity index (χ3n) is 3.47. The minimum Gasteiger partial charge on any atom is -0.494 e. The molecule has 0 aromatic heterocycles. The maximum absolute atomic E-state index is 9.10. The van der Waals surface area contributed by atoms with Gasteiger partial charge in [-0.2, -0.15) is 0 Å². The summed E-state index contributed by atoms with van der Waals surface area (Å²) in [5.74, 6) is -1.94. The Hall–Kier alpha value is -2.36. The van der Waals surface area contributed by atoms with Crippen molar-refractivity contribution < 1.29 is 38.7 Å². The highest BCUT2D eigenvalue weighted by molar-refractivity contribution is 6.27. The third-order valence-corrected chi connectivity index (χ3v) is 3.47. The molecular formula is C18H27NO8. The fourth-order valence-electron chi connectivity index (χ4n) is 2.14. The molecule has 152 valence electrons. The van der Waals surface area contributed by atoms with Gasteiger partial charge in [0.15, 0.2) is 0 Å². The highest BCUT2D eigenvalue weighted by atomic mass is 16.5. The van der Waals surface area contributed by atoms with Gasteiger partial charge in [0.1, 0.15) is 18.1 Å². The Morgan fingerprint density at radius 3 is 2.04 bits per heavy atom. The van der Waals surface area contributed by atoms with Gasteiger partial charge in [0.2, 0.25) is 0 Å². The molecule has 1 heterocycles. The smallest absolute Gasteiger partial charge is 0.414 e. The maximum atomic E-state index is 9.10. The van der Waals surface area contributed by atoms with Crippen molar-refractivity contribution in [1.29, 1.82) is 0 Å². The van der Waals surface area contributed by atoms with Crippen LogP contribution in [0.25, 0.3) is 0 Å². The maximum Gasteiger partial charge on any atom is 0.414 e. The number of carboxylic acids is 2. The molecule has 0 spiro atoms. The van der Waals surface area contributed by atoms with Crippen LogP contribution in [0.5, 0.6) is 11.5 Å². The summed E-state index contributed by atoms with van der Waals surface area (Å²) in [6, 6.07) is 7.66. The summed E-state index contributed by atoms with van der Waals surface area (Å²) in [6.45, 7) is 9.21. The molecule has 2 N–H and O–H groups in total. The number of carboxylic acid groups (broad SMARTS) is 2. The van der Waals surface area contributed by atoms with Crippen LogP contribution in [0.2, 0.25) is 0 Å². The number of hydrogen-bond donors (Lipinski definition) is 2. The van der Waals surface area contributed by atoms with Gasteiger partial charge in [-0.15, -0.1) is 0 Å². The second-order valence-corrected chi connectivity index (χ2v) is 5.43. The van der Waals surface area contributed by atoms with E-state index >= 15 is 0 Å². The lowest BCUT2D eigenvalue weighted by Crippen LogP contribution is -2.38. The van der Waals surface area contributed by atoms with E-state index in [9.17, 15) is 0 Å². The number of rotatable bonds is 9. The first kappa shape index (κ1) is 22.7. The summed E-state index contributed by atoms with van der Waals surface area (Å²) in [7, 11) is 0. The minimum absolute atomic E-state index is 0.567. The van der Waals surface area contributed by atoms with E-state index in [1.54, 1.807) is 0 Å². The Labute approximate surface area is 158 Å². The van der Waals surface area contributed by atoms with E-state index in [0.717, 1.165) is 51.0 Å². The summed E-state index contributed by atoms with van der Waals surface area (Å²) < 4.78 is 21.9. The molecule has 9 heteroatoms. The van der Waals surface area contributed by atoms with Crippen LogP contribution in [0.4, 0.5) is 0 Å². The fourth-order valence-corrected chi connectivity index (χ4v) is 2.14. The molecule has 0 radical (unpaired) electrons. The Bertz CT molecular complexity index is 531. The highest BCUT2D eigenvalue weighted by Gasteiger charge is 2.09. The van der Waals surface area contributed by atoms with Crippen molar-refractivity contribution in [3.8, 4) is 11.5 Å². The van der Waals surface area contributed by atoms with Crippen molar-refractivity contribution in [3.63, 3.8) is 0 Å². The standard InChI is InChI=1S/C16H25NO4.C2H2O4/c1-2-20-15-3-5-16(6-4-15)21-14-13-19-12-9-17-7-10-18-11-8-17;3-1(4)2(5)6/h3-6H,2,7-14H2,1H3;(H,3,4)(H,5,6). The monoisotopic (exact) mass is 385 g/mol. The molecule has 0 atom stereocenters. The lowest BCUT2D eigenvalue weighted by atomic mass is 10.3. The second-order valence-electron chi connectivity index (χ2n) is 5.43. The SMILES string of the molecule is CCOc1ccc(OCCOCCN2CCOCC2)cc1.O=C(O)C(=O)O. The number of morpholine rings is 1. The van der Waals surface area contributed by atoms with Crippen LogP contribution in [0.3, 0.4) is 0 Å². The quantitative estimate of drug-likeness (QED) is 0.474. The summed E-state index contributed by atoms with van der Waals surface area (Å²) >= 11 is 0. The molecule has 1 fully saturated rings. The van der Waals surface area contributed by atoms with E-state index in [-0.39, 0.29) is 0 Å². The molecule has 0 bridgehead atoms. The van der Waals surface area contributed by atoms with Crippen LogP contribution >= 0.6 is 0 Å². The van der Waals surface area contributed by atoms with Crippen LogP contribution in [0.1, 0.15) is 6.92 Å². The first-order chi connectivity index (χ1) is 13.0. The zero-order valence-corrected chi connectivity index (χ0v) is 15.5. The predicted octanol–water partition coefficient (Wildman–Crippen LogP) is 0.969. The molecule has 0 saturated carbocycles. The molecule has 1 aromatic rings. The molecule has 0 unspecified atom stereocenters. The number of nitrogens with zero attached hydrogens (tertiary/aromatic N) is 1. The van der Waals surface area contributed by atoms with Gasteiger partial charge < -0.3 is 29.2 Å². The number of benzene rings is 1. The van der Waals surface area contributed by atoms with E-state index in [1.807, 2.05) is 31.2 Å². The van der Waals surface area contributed by atoms with E-state index in [0.29, 0.717) is 19.8 Å². The molecule has 1 aliphatic heterocycles. The molecule has 2 rings (SSSR count). The van der Waals surface area contributed by atoms with Crippen molar-refractivity contribution in [3.05, 3.63) is 24.3 Å². The number of aliphatic carboxylic acids is 2. The lowest BCUT2D eigenvalue weighted by molar-refractivity contribution is -0.159. The van der Waals surface area contributed by atoms with Crippen molar-refractivity contribution in [2.24, 2.45) is 0 Å². The molecule has 1 aromatic carbocycles. The second kappa shape index (κ2) is 13.8. The highest BCUT2D eigenvalue weighted by Crippen LogP contribution is 2.17. The van der Waals surface area contributed by atoms with Crippen LogP contribution in [0.15, 0.2) is 24.3 Å². The molecule has 0 aliphatic carbocycles. The van der Waals surface area contributed by atoms with E-state index in [2.05, 4.69) is 4.90 Å². The van der Waals surface area contributed by atoms with Gasteiger partial charge in [0, 0.05) is 19.6 Å². The number of carbonyl (C=O) groups is 2. The summed E-state index contributed by atoms with van der Waals surface area (Å²) in [5.41, 5.74) is 0. The average molecular weight is 385 g/mol. The molecule has 27 heavy (non-hydrogen) atoms. The average Bonchev–Trinajstić information content (AvgIpc) is 2.67. The third kappa shape index (κ3) is 11.1. The number of hydrogen-bond acceptors (Lipinski definition) is 7. The summed E-state index contributed by atoms with van der Waals surface area (Å²) in [6.07, 6.45) is 0. The van der Waals surface area contributed by atoms with Crippen molar-refractivity contribution in [2.75, 3.05) is 59.3 Å². The normalized spacial score (nSPS) is 14.0. The van der Waals surface area contributed by atoms with Gasteiger partial charge in [-0.3, -0.25) is 4.90 Å². The Balaban J connectivity index is 0.000000527. The van der Waals surface area contributed by atoms with E-state index in [1.165, 1.54) is 0 Å². The van der Waals surface area contributed by atoms with Gasteiger partial charge in [-0.05, 0) is 31.2 Å². The summed E-state index contributed by atoms with van der Waals surface area (Å²) in [4.78, 5) is 20.6. The predicted molar refractivity (Wildman–Crippen MR) is 96.5 cm³/mol. The zero-order chi connectivity index (χ0) is 19.9. The Morgan fingerprint density at radius 2 is 1.52 bits per heavy atom. The van der Waals surface area contributed by atoms with Gasteiger partial charge >= 0.3 is 11.9 Å². The summed E-state index contributed by atoms with van der Waals surface area (Å²) in [5, 5.41) is 14.8. The van der Waals surface area contributed by atoms with Crippen LogP contribution < -0.4 is 9.47 Å². The van der Waals surface area contributed by atoms with Crippen LogP contribution in [-0.4, -0.2) is 86.3 Å². The molecule has 1 aliphatic rings. The van der Waals surface area contributed by atoms with Crippen molar-refractivity contribution in [1.82, 2.24) is 4.90 Å². The van der Waals surface area contributed by atoms with E-state index in [4.69, 9.17) is 38.7 Å². The zero-order valence-electron chi connectivity index (χ0n) is 15.5. The Morgan fingerprint density at radius 1 is 0.963 bits per heavy atom. The first-order valence-electron chi connectivity index (χ1n) is 8.72. The van der Waals surface area contributed by atoms with Crippen LogP contribution in [-0.2, 0) is 19.1 Å². The van der Waals surface area contributed by atoms with Crippen molar-refractivity contribution in [2.45, 2.75) is 6.92 Å². The topological polar surface area (TPSA) is 115 Å². The Kier molecular flexibility index (Phi) is 11.6.